The number of benzene rings is 1. The van der Waals surface area contributed by atoms with Crippen LogP contribution in [0.5, 0.6) is 0 Å². The number of hydrogen-bond donors (Lipinski definition) is 1. The van der Waals surface area contributed by atoms with Gasteiger partial charge in [-0.25, -0.2) is 0 Å². The van der Waals surface area contributed by atoms with Crippen molar-refractivity contribution in [1.82, 2.24) is 10.2 Å². The molecule has 0 saturated carbocycles. The Balaban J connectivity index is 1.79. The largest absolute Gasteiger partial charge is 0.459 e. The summed E-state index contributed by atoms with van der Waals surface area (Å²) in [5, 5.41) is 2.55. The molecule has 0 spiro atoms. The molecule has 2 amide bonds. The molecule has 0 saturated heterocycles. The Kier molecular flexibility index (Phi) is 5.84. The zero-order valence-corrected chi connectivity index (χ0v) is 13.5. The standard InChI is InChI=1S/C17H17F3N2O3/c1-22(11-12-4-6-13(7-5-12)17(18,19)20)15(23)8-9-21-16(24)14-3-2-10-25-14/h2-7,10H,8-9,11H2,1H3,(H,21,24). The molecule has 0 aliphatic rings. The number of rotatable bonds is 6. The number of amides is 2. The Morgan fingerprint density at radius 1 is 1.16 bits per heavy atom. The minimum Gasteiger partial charge on any atom is -0.459 e. The van der Waals surface area contributed by atoms with Gasteiger partial charge in [0.15, 0.2) is 5.76 Å². The summed E-state index contributed by atoms with van der Waals surface area (Å²) in [5.41, 5.74) is -0.144. The fourth-order valence-electron chi connectivity index (χ4n) is 2.13. The zero-order valence-electron chi connectivity index (χ0n) is 13.5. The van der Waals surface area contributed by atoms with Gasteiger partial charge in [0.2, 0.25) is 5.91 Å². The van der Waals surface area contributed by atoms with Crippen molar-refractivity contribution in [2.75, 3.05) is 13.6 Å². The van der Waals surface area contributed by atoms with Crippen molar-refractivity contribution in [3.8, 4) is 0 Å². The SMILES string of the molecule is CN(Cc1ccc(C(F)(F)F)cc1)C(=O)CCNC(=O)c1ccco1. The molecule has 2 rings (SSSR count). The quantitative estimate of drug-likeness (QED) is 0.867. The summed E-state index contributed by atoms with van der Waals surface area (Å²) in [6.07, 6.45) is -2.94. The summed E-state index contributed by atoms with van der Waals surface area (Å²) < 4.78 is 42.5. The fraction of sp³-hybridized carbons (Fsp3) is 0.294. The summed E-state index contributed by atoms with van der Waals surface area (Å²) in [6.45, 7) is 0.318. The molecule has 0 aliphatic carbocycles. The molecule has 0 radical (unpaired) electrons. The van der Waals surface area contributed by atoms with E-state index in [0.717, 1.165) is 12.1 Å². The van der Waals surface area contributed by atoms with E-state index >= 15 is 0 Å². The number of halogens is 3. The number of nitrogens with one attached hydrogen (secondary N) is 1. The maximum Gasteiger partial charge on any atom is 0.416 e. The van der Waals surface area contributed by atoms with Gasteiger partial charge in [-0.3, -0.25) is 9.59 Å². The van der Waals surface area contributed by atoms with E-state index in [0.29, 0.717) is 5.56 Å². The molecule has 0 atom stereocenters. The predicted octanol–water partition coefficient (Wildman–Crippen LogP) is 3.08. The minimum absolute atomic E-state index is 0.0730. The molecule has 0 fully saturated rings. The first-order valence-corrected chi connectivity index (χ1v) is 7.49. The summed E-state index contributed by atoms with van der Waals surface area (Å²) in [4.78, 5) is 25.0. The molecule has 1 aromatic heterocycles. The van der Waals surface area contributed by atoms with Crippen LogP contribution < -0.4 is 5.32 Å². The van der Waals surface area contributed by atoms with Crippen LogP contribution in [0.3, 0.4) is 0 Å². The third-order valence-corrected chi connectivity index (χ3v) is 3.50. The summed E-state index contributed by atoms with van der Waals surface area (Å²) >= 11 is 0. The first-order chi connectivity index (χ1) is 11.8. The maximum absolute atomic E-state index is 12.5. The van der Waals surface area contributed by atoms with Crippen LogP contribution in [0.1, 0.15) is 28.1 Å². The molecular formula is C17H17F3N2O3. The summed E-state index contributed by atoms with van der Waals surface area (Å²) in [6, 6.07) is 7.73. The molecule has 5 nitrogen and oxygen atoms in total. The van der Waals surface area contributed by atoms with Crippen molar-refractivity contribution in [1.29, 1.82) is 0 Å². The van der Waals surface area contributed by atoms with Crippen LogP contribution in [0, 0.1) is 0 Å². The Hall–Kier alpha value is -2.77. The Morgan fingerprint density at radius 2 is 1.84 bits per heavy atom. The minimum atomic E-state index is -4.38. The third-order valence-electron chi connectivity index (χ3n) is 3.50. The normalized spacial score (nSPS) is 11.2. The van der Waals surface area contributed by atoms with Crippen LogP contribution in [0.15, 0.2) is 47.1 Å². The number of alkyl halides is 3. The van der Waals surface area contributed by atoms with Crippen LogP contribution in [0.2, 0.25) is 0 Å². The first-order valence-electron chi connectivity index (χ1n) is 7.49. The molecule has 2 aromatic rings. The highest BCUT2D eigenvalue weighted by Crippen LogP contribution is 2.29. The molecule has 1 heterocycles. The van der Waals surface area contributed by atoms with Crippen molar-refractivity contribution in [3.05, 3.63) is 59.5 Å². The van der Waals surface area contributed by atoms with E-state index in [4.69, 9.17) is 4.42 Å². The average molecular weight is 354 g/mol. The van der Waals surface area contributed by atoms with Gasteiger partial charge in [-0.2, -0.15) is 13.2 Å². The summed E-state index contributed by atoms with van der Waals surface area (Å²) in [7, 11) is 1.55. The van der Waals surface area contributed by atoms with E-state index in [1.807, 2.05) is 0 Å². The van der Waals surface area contributed by atoms with Crippen LogP contribution in [-0.4, -0.2) is 30.3 Å². The van der Waals surface area contributed by atoms with Crippen LogP contribution in [0.25, 0.3) is 0 Å². The molecule has 0 aliphatic heterocycles. The number of carbonyl (C=O) groups is 2. The summed E-state index contributed by atoms with van der Waals surface area (Å²) in [5.74, 6) is -0.492. The molecule has 1 aromatic carbocycles. The number of nitrogens with zero attached hydrogens (tertiary/aromatic N) is 1. The number of carbonyl (C=O) groups excluding carboxylic acids is 2. The van der Waals surface area contributed by atoms with Crippen molar-refractivity contribution in [3.63, 3.8) is 0 Å². The fourth-order valence-corrected chi connectivity index (χ4v) is 2.13. The lowest BCUT2D eigenvalue weighted by molar-refractivity contribution is -0.137. The number of hydrogen-bond acceptors (Lipinski definition) is 3. The molecule has 8 heteroatoms. The van der Waals surface area contributed by atoms with Gasteiger partial charge in [0.05, 0.1) is 11.8 Å². The van der Waals surface area contributed by atoms with Crippen LogP contribution in [-0.2, 0) is 17.5 Å². The highest BCUT2D eigenvalue weighted by atomic mass is 19.4. The van der Waals surface area contributed by atoms with Gasteiger partial charge >= 0.3 is 6.18 Å². The lowest BCUT2D eigenvalue weighted by Gasteiger charge is -2.18. The molecule has 1 N–H and O–H groups in total. The van der Waals surface area contributed by atoms with Gasteiger partial charge in [-0.1, -0.05) is 12.1 Å². The van der Waals surface area contributed by atoms with Gasteiger partial charge in [0, 0.05) is 26.6 Å². The van der Waals surface area contributed by atoms with Crippen molar-refractivity contribution >= 4 is 11.8 Å². The maximum atomic E-state index is 12.5. The third kappa shape index (κ3) is 5.37. The monoisotopic (exact) mass is 354 g/mol. The van der Waals surface area contributed by atoms with E-state index in [2.05, 4.69) is 5.32 Å². The highest BCUT2D eigenvalue weighted by molar-refractivity contribution is 5.91. The lowest BCUT2D eigenvalue weighted by Crippen LogP contribution is -2.31. The zero-order chi connectivity index (χ0) is 18.4. The molecule has 25 heavy (non-hydrogen) atoms. The topological polar surface area (TPSA) is 62.6 Å². The number of furan rings is 1. The van der Waals surface area contributed by atoms with Gasteiger partial charge in [-0.05, 0) is 29.8 Å². The van der Waals surface area contributed by atoms with E-state index in [9.17, 15) is 22.8 Å². The first kappa shape index (κ1) is 18.6. The smallest absolute Gasteiger partial charge is 0.416 e. The van der Waals surface area contributed by atoms with Gasteiger partial charge in [0.25, 0.3) is 5.91 Å². The van der Waals surface area contributed by atoms with Crippen molar-refractivity contribution in [2.24, 2.45) is 0 Å². The molecular weight excluding hydrogens is 337 g/mol. The Morgan fingerprint density at radius 3 is 2.40 bits per heavy atom. The van der Waals surface area contributed by atoms with Gasteiger partial charge in [-0.15, -0.1) is 0 Å². The van der Waals surface area contributed by atoms with E-state index < -0.39 is 17.6 Å². The second-order valence-corrected chi connectivity index (χ2v) is 5.43. The Labute approximate surface area is 142 Å². The van der Waals surface area contributed by atoms with Crippen LogP contribution in [0.4, 0.5) is 13.2 Å². The predicted molar refractivity (Wildman–Crippen MR) is 83.6 cm³/mol. The van der Waals surface area contributed by atoms with Crippen molar-refractivity contribution < 1.29 is 27.2 Å². The van der Waals surface area contributed by atoms with Gasteiger partial charge < -0.3 is 14.6 Å². The second-order valence-electron chi connectivity index (χ2n) is 5.43. The van der Waals surface area contributed by atoms with Gasteiger partial charge in [0.1, 0.15) is 0 Å². The van der Waals surface area contributed by atoms with Crippen LogP contribution >= 0.6 is 0 Å². The Bertz CT molecular complexity index is 710. The van der Waals surface area contributed by atoms with Crippen molar-refractivity contribution in [2.45, 2.75) is 19.1 Å². The molecule has 0 bridgehead atoms. The highest BCUT2D eigenvalue weighted by Gasteiger charge is 2.29. The second kappa shape index (κ2) is 7.87. The average Bonchev–Trinajstić information content (AvgIpc) is 3.08. The van der Waals surface area contributed by atoms with E-state index in [1.54, 1.807) is 13.1 Å². The molecule has 134 valence electrons. The molecule has 0 unspecified atom stereocenters. The van der Waals surface area contributed by atoms with E-state index in [-0.39, 0.29) is 31.2 Å². The van der Waals surface area contributed by atoms with E-state index in [1.165, 1.54) is 29.4 Å². The lowest BCUT2D eigenvalue weighted by atomic mass is 10.1.